The minimum absolute atomic E-state index is 0.189. The normalized spacial score (nSPS) is 10.8. The van der Waals surface area contributed by atoms with Gasteiger partial charge in [-0.25, -0.2) is 9.59 Å². The Morgan fingerprint density at radius 1 is 0.966 bits per heavy atom. The molecule has 0 N–H and O–H groups in total. The fraction of sp³-hybridized carbons (Fsp3) is 0.304. The molecule has 0 aliphatic heterocycles. The molecule has 6 heteroatoms. The fourth-order valence-corrected chi connectivity index (χ4v) is 3.42. The number of para-hydroxylation sites is 1. The molecular formula is C23H25NO5. The average Bonchev–Trinajstić information content (AvgIpc) is 2.98. The molecule has 0 saturated heterocycles. The zero-order valence-corrected chi connectivity index (χ0v) is 17.2. The quantitative estimate of drug-likeness (QED) is 0.556. The van der Waals surface area contributed by atoms with Crippen molar-refractivity contribution in [2.75, 3.05) is 19.8 Å². The third-order valence-electron chi connectivity index (χ3n) is 4.67. The molecule has 0 radical (unpaired) electrons. The molecule has 6 nitrogen and oxygen atoms in total. The first-order valence-electron chi connectivity index (χ1n) is 9.64. The van der Waals surface area contributed by atoms with Gasteiger partial charge in [0.2, 0.25) is 0 Å². The molecule has 0 spiro atoms. The van der Waals surface area contributed by atoms with E-state index < -0.39 is 5.97 Å². The van der Waals surface area contributed by atoms with Gasteiger partial charge in [-0.2, -0.15) is 0 Å². The number of nitrogens with zero attached hydrogens (tertiary/aromatic N) is 1. The Bertz CT molecular complexity index is 1050. The van der Waals surface area contributed by atoms with Gasteiger partial charge in [0.05, 0.1) is 24.3 Å². The molecule has 3 aromatic rings. The van der Waals surface area contributed by atoms with Crippen LogP contribution >= 0.6 is 0 Å². The fourth-order valence-electron chi connectivity index (χ4n) is 3.42. The smallest absolute Gasteiger partial charge is 0.344 e. The van der Waals surface area contributed by atoms with Crippen LogP contribution in [0.1, 0.15) is 35.5 Å². The highest BCUT2D eigenvalue weighted by molar-refractivity contribution is 6.07. The zero-order chi connectivity index (χ0) is 21.0. The Morgan fingerprint density at radius 2 is 1.69 bits per heavy atom. The predicted octanol–water partition coefficient (Wildman–Crippen LogP) is 4.37. The lowest BCUT2D eigenvalue weighted by molar-refractivity contribution is -0.145. The third-order valence-corrected chi connectivity index (χ3v) is 4.67. The average molecular weight is 395 g/mol. The SMILES string of the molecule is CCOC(=O)COc1ccc2c(c1)c(C(=O)OCC)c(C)n2-c1ccccc1C. The van der Waals surface area contributed by atoms with Crippen molar-refractivity contribution in [3.8, 4) is 11.4 Å². The Hall–Kier alpha value is -3.28. The van der Waals surface area contributed by atoms with Gasteiger partial charge in [-0.05, 0) is 57.5 Å². The summed E-state index contributed by atoms with van der Waals surface area (Å²) in [5, 5.41) is 0.713. The molecule has 0 saturated carbocycles. The summed E-state index contributed by atoms with van der Waals surface area (Å²) in [6.07, 6.45) is 0. The van der Waals surface area contributed by atoms with Gasteiger partial charge in [0.15, 0.2) is 6.61 Å². The molecule has 0 aliphatic rings. The van der Waals surface area contributed by atoms with E-state index in [1.54, 1.807) is 26.0 Å². The van der Waals surface area contributed by atoms with Gasteiger partial charge < -0.3 is 18.8 Å². The van der Waals surface area contributed by atoms with E-state index in [-0.39, 0.29) is 19.2 Å². The van der Waals surface area contributed by atoms with Gasteiger partial charge in [-0.15, -0.1) is 0 Å². The van der Waals surface area contributed by atoms with E-state index in [2.05, 4.69) is 0 Å². The van der Waals surface area contributed by atoms with Crippen LogP contribution in [0.25, 0.3) is 16.6 Å². The van der Waals surface area contributed by atoms with Crippen molar-refractivity contribution in [2.24, 2.45) is 0 Å². The van der Waals surface area contributed by atoms with Gasteiger partial charge in [-0.3, -0.25) is 0 Å². The van der Waals surface area contributed by atoms with E-state index in [0.29, 0.717) is 23.3 Å². The maximum atomic E-state index is 12.7. The summed E-state index contributed by atoms with van der Waals surface area (Å²) in [6.45, 7) is 7.85. The molecular weight excluding hydrogens is 370 g/mol. The molecule has 0 bridgehead atoms. The summed E-state index contributed by atoms with van der Waals surface area (Å²) >= 11 is 0. The number of benzene rings is 2. The number of rotatable bonds is 7. The van der Waals surface area contributed by atoms with Crippen molar-refractivity contribution in [1.29, 1.82) is 0 Å². The minimum Gasteiger partial charge on any atom is -0.482 e. The molecule has 29 heavy (non-hydrogen) atoms. The number of aromatic nitrogens is 1. The maximum Gasteiger partial charge on any atom is 0.344 e. The van der Waals surface area contributed by atoms with Crippen molar-refractivity contribution < 1.29 is 23.8 Å². The highest BCUT2D eigenvalue weighted by Crippen LogP contribution is 2.33. The molecule has 0 amide bonds. The van der Waals surface area contributed by atoms with Gasteiger partial charge in [0, 0.05) is 16.8 Å². The van der Waals surface area contributed by atoms with E-state index in [9.17, 15) is 9.59 Å². The van der Waals surface area contributed by atoms with Crippen LogP contribution in [-0.2, 0) is 14.3 Å². The number of carbonyl (C=O) groups is 2. The molecule has 0 aliphatic carbocycles. The van der Waals surface area contributed by atoms with E-state index in [1.807, 2.05) is 48.7 Å². The first-order valence-corrected chi connectivity index (χ1v) is 9.64. The summed E-state index contributed by atoms with van der Waals surface area (Å²) in [6, 6.07) is 13.4. The van der Waals surface area contributed by atoms with Crippen LogP contribution in [0.3, 0.4) is 0 Å². The summed E-state index contributed by atoms with van der Waals surface area (Å²) < 4.78 is 17.8. The van der Waals surface area contributed by atoms with Crippen molar-refractivity contribution >= 4 is 22.8 Å². The highest BCUT2D eigenvalue weighted by atomic mass is 16.6. The second-order valence-corrected chi connectivity index (χ2v) is 6.58. The first kappa shape index (κ1) is 20.5. The van der Waals surface area contributed by atoms with Crippen molar-refractivity contribution in [3.05, 3.63) is 59.3 Å². The number of esters is 2. The molecule has 1 aromatic heterocycles. The van der Waals surface area contributed by atoms with Crippen LogP contribution in [0, 0.1) is 13.8 Å². The lowest BCUT2D eigenvalue weighted by Crippen LogP contribution is -2.14. The topological polar surface area (TPSA) is 66.8 Å². The predicted molar refractivity (Wildman–Crippen MR) is 111 cm³/mol. The standard InChI is InChI=1S/C23H25NO5/c1-5-27-21(25)14-29-17-11-12-20-18(13-17)22(23(26)28-6-2)16(4)24(20)19-10-8-7-9-15(19)3/h7-13H,5-6,14H2,1-4H3. The molecule has 0 unspecified atom stereocenters. The third kappa shape index (κ3) is 4.11. The Labute approximate surface area is 170 Å². The number of hydrogen-bond acceptors (Lipinski definition) is 5. The van der Waals surface area contributed by atoms with Gasteiger partial charge >= 0.3 is 11.9 Å². The summed E-state index contributed by atoms with van der Waals surface area (Å²) in [7, 11) is 0. The molecule has 1 heterocycles. The van der Waals surface area contributed by atoms with Gasteiger partial charge in [-0.1, -0.05) is 18.2 Å². The van der Waals surface area contributed by atoms with Crippen molar-refractivity contribution in [1.82, 2.24) is 4.57 Å². The lowest BCUT2D eigenvalue weighted by Gasteiger charge is -2.12. The lowest BCUT2D eigenvalue weighted by atomic mass is 10.1. The van der Waals surface area contributed by atoms with Crippen LogP contribution in [-0.4, -0.2) is 36.3 Å². The summed E-state index contributed by atoms with van der Waals surface area (Å²) in [5.74, 6) is -0.338. The Balaban J connectivity index is 2.13. The van der Waals surface area contributed by atoms with Crippen molar-refractivity contribution in [2.45, 2.75) is 27.7 Å². The number of aryl methyl sites for hydroxylation is 1. The van der Waals surface area contributed by atoms with E-state index in [1.165, 1.54) is 0 Å². The number of ether oxygens (including phenoxy) is 3. The number of carbonyl (C=O) groups excluding carboxylic acids is 2. The van der Waals surface area contributed by atoms with Gasteiger partial charge in [0.1, 0.15) is 5.75 Å². The second kappa shape index (κ2) is 8.82. The number of hydrogen-bond donors (Lipinski definition) is 0. The van der Waals surface area contributed by atoms with E-state index in [0.717, 1.165) is 22.5 Å². The molecule has 0 atom stereocenters. The van der Waals surface area contributed by atoms with Crippen LogP contribution in [0.15, 0.2) is 42.5 Å². The highest BCUT2D eigenvalue weighted by Gasteiger charge is 2.23. The summed E-state index contributed by atoms with van der Waals surface area (Å²) in [5.41, 5.74) is 4.22. The maximum absolute atomic E-state index is 12.7. The van der Waals surface area contributed by atoms with E-state index in [4.69, 9.17) is 14.2 Å². The molecule has 3 rings (SSSR count). The van der Waals surface area contributed by atoms with E-state index >= 15 is 0 Å². The largest absolute Gasteiger partial charge is 0.482 e. The second-order valence-electron chi connectivity index (χ2n) is 6.58. The van der Waals surface area contributed by atoms with Crippen LogP contribution in [0.2, 0.25) is 0 Å². The van der Waals surface area contributed by atoms with Crippen LogP contribution in [0.4, 0.5) is 0 Å². The monoisotopic (exact) mass is 395 g/mol. The van der Waals surface area contributed by atoms with Crippen molar-refractivity contribution in [3.63, 3.8) is 0 Å². The Kier molecular flexibility index (Phi) is 6.22. The summed E-state index contributed by atoms with van der Waals surface area (Å²) in [4.78, 5) is 24.3. The van der Waals surface area contributed by atoms with Crippen LogP contribution in [0.5, 0.6) is 5.75 Å². The molecule has 0 fully saturated rings. The van der Waals surface area contributed by atoms with Gasteiger partial charge in [0.25, 0.3) is 0 Å². The first-order chi connectivity index (χ1) is 14.0. The molecule has 2 aromatic carbocycles. The number of fused-ring (bicyclic) bond motifs is 1. The van der Waals surface area contributed by atoms with Crippen LogP contribution < -0.4 is 4.74 Å². The minimum atomic E-state index is -0.438. The Morgan fingerprint density at radius 3 is 2.38 bits per heavy atom. The zero-order valence-electron chi connectivity index (χ0n) is 17.2. The molecule has 152 valence electrons.